The summed E-state index contributed by atoms with van der Waals surface area (Å²) in [6.45, 7) is 2.12. The first-order chi connectivity index (χ1) is 10.8. The largest absolute Gasteiger partial charge is 0.312 e. The summed E-state index contributed by atoms with van der Waals surface area (Å²) in [6, 6.07) is 15.5. The van der Waals surface area contributed by atoms with E-state index in [1.165, 1.54) is 18.6 Å². The minimum Gasteiger partial charge on any atom is -0.312 e. The van der Waals surface area contributed by atoms with E-state index in [9.17, 15) is 4.79 Å². The highest BCUT2D eigenvalue weighted by Gasteiger charge is 2.07. The lowest BCUT2D eigenvalue weighted by Gasteiger charge is -2.15. The van der Waals surface area contributed by atoms with Gasteiger partial charge in [0.05, 0.1) is 6.10 Å². The van der Waals surface area contributed by atoms with Crippen LogP contribution in [0.4, 0.5) is 0 Å². The second-order valence-corrected chi connectivity index (χ2v) is 7.21. The van der Waals surface area contributed by atoms with E-state index < -0.39 is 0 Å². The van der Waals surface area contributed by atoms with Gasteiger partial charge in [-0.05, 0) is 56.1 Å². The fraction of sp³-hybridized carbons (Fsp3) is 0.278. The monoisotopic (exact) mass is 330 g/mol. The first-order valence-corrected chi connectivity index (χ1v) is 9.17. The first kappa shape index (κ1) is 15.5. The van der Waals surface area contributed by atoms with Gasteiger partial charge in [-0.15, -0.1) is 11.3 Å². The van der Waals surface area contributed by atoms with Gasteiger partial charge in [0, 0.05) is 25.9 Å². The summed E-state index contributed by atoms with van der Waals surface area (Å²) in [5.41, 5.74) is 0.139. The first-order valence-electron chi connectivity index (χ1n) is 7.44. The van der Waals surface area contributed by atoms with Crippen LogP contribution in [0.1, 0.15) is 19.8 Å². The Kier molecular flexibility index (Phi) is 5.13. The van der Waals surface area contributed by atoms with Crippen molar-refractivity contribution in [2.45, 2.75) is 25.9 Å². The maximum Gasteiger partial charge on any atom is 0.195 e. The molecule has 0 spiro atoms. The van der Waals surface area contributed by atoms with Crippen LogP contribution in [-0.2, 0) is 4.18 Å². The maximum atomic E-state index is 12.1. The fourth-order valence-electron chi connectivity index (χ4n) is 2.39. The smallest absolute Gasteiger partial charge is 0.195 e. The van der Waals surface area contributed by atoms with E-state index in [0.717, 1.165) is 20.2 Å². The molecule has 114 valence electrons. The number of hydrogen-bond acceptors (Lipinski definition) is 4. The van der Waals surface area contributed by atoms with E-state index in [1.54, 1.807) is 23.4 Å². The minimum atomic E-state index is 0.139. The second kappa shape index (κ2) is 7.27. The van der Waals surface area contributed by atoms with Gasteiger partial charge >= 0.3 is 0 Å². The zero-order valence-electron chi connectivity index (χ0n) is 12.5. The van der Waals surface area contributed by atoms with Crippen LogP contribution in [0.15, 0.2) is 53.3 Å². The summed E-state index contributed by atoms with van der Waals surface area (Å²) in [6.07, 6.45) is 3.07. The summed E-state index contributed by atoms with van der Waals surface area (Å²) >= 11 is 3.27. The average Bonchev–Trinajstić information content (AvgIpc) is 2.57. The van der Waals surface area contributed by atoms with Gasteiger partial charge in [-0.3, -0.25) is 4.79 Å². The fourth-order valence-corrected chi connectivity index (χ4v) is 4.17. The van der Waals surface area contributed by atoms with Gasteiger partial charge in [0.2, 0.25) is 0 Å². The van der Waals surface area contributed by atoms with Crippen LogP contribution in [0.5, 0.6) is 0 Å². The van der Waals surface area contributed by atoms with Crippen molar-refractivity contribution in [2.75, 3.05) is 5.75 Å². The second-order valence-electron chi connectivity index (χ2n) is 5.29. The van der Waals surface area contributed by atoms with Crippen molar-refractivity contribution in [3.05, 3.63) is 58.8 Å². The molecule has 2 heterocycles. The molecule has 0 bridgehead atoms. The van der Waals surface area contributed by atoms with Crippen LogP contribution >= 0.6 is 23.4 Å². The van der Waals surface area contributed by atoms with Crippen molar-refractivity contribution in [3.63, 3.8) is 0 Å². The van der Waals surface area contributed by atoms with Crippen LogP contribution in [0.3, 0.4) is 0 Å². The summed E-state index contributed by atoms with van der Waals surface area (Å²) in [7, 11) is 0. The zero-order valence-corrected chi connectivity index (χ0v) is 14.1. The Bertz CT molecular complexity index is 763. The molecule has 1 aliphatic rings. The normalized spacial score (nSPS) is 18.0. The Morgan fingerprint density at radius 2 is 1.59 bits per heavy atom. The standard InChI is InChI=1S/C13H8OS.C5H10OS/c14-13-9-5-1-3-7-11(9)15-12-8-4-2-6-10(12)13;1-5-3-2-4-7-6-5/h1-8H;5H,2-4H2,1H3. The molecule has 4 rings (SSSR count). The van der Waals surface area contributed by atoms with Crippen LogP contribution in [0.25, 0.3) is 20.2 Å². The molecule has 22 heavy (non-hydrogen) atoms. The molecule has 1 saturated heterocycles. The molecule has 2 aromatic carbocycles. The van der Waals surface area contributed by atoms with Gasteiger partial charge in [0.15, 0.2) is 5.43 Å². The van der Waals surface area contributed by atoms with Gasteiger partial charge in [-0.1, -0.05) is 24.3 Å². The number of hydrogen-bond donors (Lipinski definition) is 0. The van der Waals surface area contributed by atoms with Crippen molar-refractivity contribution >= 4 is 43.6 Å². The predicted octanol–water partition coefficient (Wildman–Crippen LogP) is 5.25. The molecule has 0 radical (unpaired) electrons. The molecule has 0 aliphatic carbocycles. The van der Waals surface area contributed by atoms with Crippen molar-refractivity contribution in [3.8, 4) is 0 Å². The number of fused-ring (bicyclic) bond motifs is 2. The molecule has 0 saturated carbocycles. The molecular weight excluding hydrogens is 312 g/mol. The Balaban J connectivity index is 0.000000174. The van der Waals surface area contributed by atoms with Crippen molar-refractivity contribution < 1.29 is 4.18 Å². The summed E-state index contributed by atoms with van der Waals surface area (Å²) in [4.78, 5) is 12.1. The van der Waals surface area contributed by atoms with Gasteiger partial charge in [-0.25, -0.2) is 0 Å². The third-order valence-corrected chi connectivity index (χ3v) is 5.63. The van der Waals surface area contributed by atoms with E-state index in [-0.39, 0.29) is 5.43 Å². The predicted molar refractivity (Wildman–Crippen MR) is 97.8 cm³/mol. The number of rotatable bonds is 0. The van der Waals surface area contributed by atoms with Gasteiger partial charge in [0.25, 0.3) is 0 Å². The molecule has 1 aliphatic heterocycles. The summed E-state index contributed by atoms with van der Waals surface area (Å²) < 4.78 is 7.31. The third-order valence-electron chi connectivity index (χ3n) is 3.55. The molecule has 0 N–H and O–H groups in total. The van der Waals surface area contributed by atoms with Crippen LogP contribution in [0, 0.1) is 0 Å². The Labute approximate surface area is 138 Å². The molecule has 1 fully saturated rings. The van der Waals surface area contributed by atoms with Crippen molar-refractivity contribution in [2.24, 2.45) is 0 Å². The maximum absolute atomic E-state index is 12.1. The topological polar surface area (TPSA) is 26.3 Å². The van der Waals surface area contributed by atoms with Crippen LogP contribution in [0.2, 0.25) is 0 Å². The SMILES string of the molecule is CC1CCCSO1.O=c1c2ccccc2sc2ccccc12. The minimum absolute atomic E-state index is 0.139. The quantitative estimate of drug-likeness (QED) is 0.416. The Morgan fingerprint density at radius 3 is 2.05 bits per heavy atom. The molecule has 1 atom stereocenters. The zero-order chi connectivity index (χ0) is 15.4. The highest BCUT2D eigenvalue weighted by atomic mass is 32.2. The van der Waals surface area contributed by atoms with Gasteiger partial charge in [0.1, 0.15) is 0 Å². The molecule has 1 unspecified atom stereocenters. The lowest BCUT2D eigenvalue weighted by molar-refractivity contribution is 0.237. The van der Waals surface area contributed by atoms with Crippen molar-refractivity contribution in [1.29, 1.82) is 0 Å². The van der Waals surface area contributed by atoms with E-state index >= 15 is 0 Å². The highest BCUT2D eigenvalue weighted by Crippen LogP contribution is 2.23. The molecule has 2 nitrogen and oxygen atoms in total. The molecular formula is C18H18O2S2. The van der Waals surface area contributed by atoms with E-state index in [0.29, 0.717) is 6.10 Å². The summed E-state index contributed by atoms with van der Waals surface area (Å²) in [5.74, 6) is 1.18. The van der Waals surface area contributed by atoms with Crippen LogP contribution < -0.4 is 5.43 Å². The summed E-state index contributed by atoms with van der Waals surface area (Å²) in [5, 5.41) is 1.64. The Hall–Kier alpha value is -1.36. The van der Waals surface area contributed by atoms with E-state index in [2.05, 4.69) is 6.92 Å². The molecule has 1 aromatic heterocycles. The van der Waals surface area contributed by atoms with Gasteiger partial charge < -0.3 is 4.18 Å². The Morgan fingerprint density at radius 1 is 1.00 bits per heavy atom. The average molecular weight is 330 g/mol. The van der Waals surface area contributed by atoms with Crippen LogP contribution in [-0.4, -0.2) is 11.9 Å². The van der Waals surface area contributed by atoms with E-state index in [4.69, 9.17) is 4.18 Å². The lowest BCUT2D eigenvalue weighted by Crippen LogP contribution is -2.08. The van der Waals surface area contributed by atoms with Gasteiger partial charge in [-0.2, -0.15) is 0 Å². The molecule has 0 amide bonds. The number of benzene rings is 2. The van der Waals surface area contributed by atoms with E-state index in [1.807, 2.05) is 48.5 Å². The molecule has 4 heteroatoms. The highest BCUT2D eigenvalue weighted by molar-refractivity contribution is 7.94. The third kappa shape index (κ3) is 3.51. The van der Waals surface area contributed by atoms with Crippen molar-refractivity contribution in [1.82, 2.24) is 0 Å². The molecule has 3 aromatic rings. The lowest BCUT2D eigenvalue weighted by atomic mass is 10.2.